The summed E-state index contributed by atoms with van der Waals surface area (Å²) < 4.78 is 1.81. The number of nitrogens with zero attached hydrogens (tertiary/aromatic N) is 3. The number of piperidine rings is 1. The summed E-state index contributed by atoms with van der Waals surface area (Å²) in [5, 5.41) is 0.717. The average Bonchev–Trinajstić information content (AvgIpc) is 3.21. The van der Waals surface area contributed by atoms with Crippen LogP contribution in [0.1, 0.15) is 41.6 Å². The van der Waals surface area contributed by atoms with Crippen molar-refractivity contribution >= 4 is 34.2 Å². The van der Waals surface area contributed by atoms with Gasteiger partial charge in [-0.15, -0.1) is 0 Å². The van der Waals surface area contributed by atoms with Gasteiger partial charge in [0.05, 0.1) is 5.56 Å². The van der Waals surface area contributed by atoms with E-state index in [1.165, 1.54) is 5.56 Å². The van der Waals surface area contributed by atoms with Gasteiger partial charge in [0.15, 0.2) is 0 Å². The summed E-state index contributed by atoms with van der Waals surface area (Å²) in [7, 11) is 0. The fourth-order valence-electron chi connectivity index (χ4n) is 4.94. The number of benzene rings is 2. The third kappa shape index (κ3) is 3.70. The number of hydrogen-bond acceptors (Lipinski definition) is 3. The Hall–Kier alpha value is -3.41. The molecule has 2 amide bonds. The van der Waals surface area contributed by atoms with E-state index in [0.717, 1.165) is 48.7 Å². The highest BCUT2D eigenvalue weighted by Crippen LogP contribution is 2.28. The molecule has 0 unspecified atom stereocenters. The summed E-state index contributed by atoms with van der Waals surface area (Å²) in [6.07, 6.45) is 6.56. The molecule has 2 aliphatic heterocycles. The molecular weight excluding hydrogens is 402 g/mol. The highest BCUT2D eigenvalue weighted by atomic mass is 16.2. The first-order valence-electron chi connectivity index (χ1n) is 11.4. The van der Waals surface area contributed by atoms with Gasteiger partial charge < -0.3 is 14.4 Å². The fourth-order valence-corrected chi connectivity index (χ4v) is 4.94. The van der Waals surface area contributed by atoms with Crippen LogP contribution in [0, 0.1) is 0 Å². The average molecular weight is 430 g/mol. The molecule has 3 aromatic rings. The molecule has 3 heterocycles. The van der Waals surface area contributed by atoms with E-state index in [1.54, 1.807) is 11.1 Å². The lowest BCUT2D eigenvalue weighted by Crippen LogP contribution is -2.40. The minimum atomic E-state index is -0.488. The van der Waals surface area contributed by atoms with Crippen molar-refractivity contribution in [2.45, 2.75) is 38.6 Å². The molecule has 32 heavy (non-hydrogen) atoms. The van der Waals surface area contributed by atoms with Crippen molar-refractivity contribution in [2.75, 3.05) is 24.5 Å². The largest absolute Gasteiger partial charge is 0.337 e. The molecular formula is C26H27N3O3. The summed E-state index contributed by atoms with van der Waals surface area (Å²) in [5.41, 5.74) is 3.33. The van der Waals surface area contributed by atoms with Crippen molar-refractivity contribution < 1.29 is 14.4 Å². The number of para-hydroxylation sites is 2. The highest BCUT2D eigenvalue weighted by molar-refractivity contribution is 6.44. The van der Waals surface area contributed by atoms with Crippen LogP contribution in [-0.2, 0) is 22.6 Å². The summed E-state index contributed by atoms with van der Waals surface area (Å²) in [4.78, 5) is 42.8. The Morgan fingerprint density at radius 1 is 0.812 bits per heavy atom. The minimum Gasteiger partial charge on any atom is -0.337 e. The molecule has 0 atom stereocenters. The normalized spacial score (nSPS) is 16.1. The third-order valence-corrected chi connectivity index (χ3v) is 6.59. The second kappa shape index (κ2) is 8.61. The van der Waals surface area contributed by atoms with Crippen LogP contribution in [0.4, 0.5) is 5.69 Å². The molecule has 0 radical (unpaired) electrons. The van der Waals surface area contributed by atoms with E-state index in [2.05, 4.69) is 6.07 Å². The minimum absolute atomic E-state index is 0.0146. The molecule has 0 saturated carbocycles. The number of aryl methyl sites for hydroxylation is 1. The molecule has 2 aliphatic rings. The van der Waals surface area contributed by atoms with Gasteiger partial charge in [0.1, 0.15) is 6.54 Å². The third-order valence-electron chi connectivity index (χ3n) is 6.59. The number of anilines is 1. The van der Waals surface area contributed by atoms with Gasteiger partial charge in [0.25, 0.3) is 11.7 Å². The molecule has 1 aromatic heterocycles. The van der Waals surface area contributed by atoms with Crippen molar-refractivity contribution in [1.29, 1.82) is 0 Å². The first kappa shape index (κ1) is 20.5. The van der Waals surface area contributed by atoms with Gasteiger partial charge >= 0.3 is 0 Å². The van der Waals surface area contributed by atoms with Gasteiger partial charge in [-0.1, -0.05) is 36.4 Å². The number of Topliss-reactive ketones (excluding diaryl/α,β-unsaturated/α-hetero) is 1. The van der Waals surface area contributed by atoms with E-state index < -0.39 is 11.7 Å². The van der Waals surface area contributed by atoms with Gasteiger partial charge in [-0.3, -0.25) is 14.4 Å². The SMILES string of the molecule is O=C(C(=O)N1CCCCC1)c1cn(CC(=O)N2CCCc3ccccc32)c2ccccc12. The lowest BCUT2D eigenvalue weighted by molar-refractivity contribution is -0.127. The molecule has 0 aliphatic carbocycles. The summed E-state index contributed by atoms with van der Waals surface area (Å²) >= 11 is 0. The van der Waals surface area contributed by atoms with Crippen molar-refractivity contribution in [3.63, 3.8) is 0 Å². The van der Waals surface area contributed by atoms with E-state index in [9.17, 15) is 14.4 Å². The van der Waals surface area contributed by atoms with E-state index >= 15 is 0 Å². The Bertz CT molecular complexity index is 1190. The maximum absolute atomic E-state index is 13.3. The number of likely N-dealkylation sites (tertiary alicyclic amines) is 1. The number of ketones is 1. The topological polar surface area (TPSA) is 62.6 Å². The van der Waals surface area contributed by atoms with Gasteiger partial charge in [-0.2, -0.15) is 0 Å². The number of fused-ring (bicyclic) bond motifs is 2. The van der Waals surface area contributed by atoms with Gasteiger partial charge in [-0.25, -0.2) is 0 Å². The van der Waals surface area contributed by atoms with Crippen LogP contribution in [0.3, 0.4) is 0 Å². The second-order valence-electron chi connectivity index (χ2n) is 8.65. The fraction of sp³-hybridized carbons (Fsp3) is 0.346. The molecule has 5 rings (SSSR count). The second-order valence-corrected chi connectivity index (χ2v) is 8.65. The molecule has 1 fully saturated rings. The first-order chi connectivity index (χ1) is 15.6. The number of rotatable bonds is 4. The Morgan fingerprint density at radius 3 is 2.41 bits per heavy atom. The van der Waals surface area contributed by atoms with Crippen molar-refractivity contribution in [3.05, 3.63) is 65.9 Å². The van der Waals surface area contributed by atoms with Crippen molar-refractivity contribution in [1.82, 2.24) is 9.47 Å². The highest BCUT2D eigenvalue weighted by Gasteiger charge is 2.28. The summed E-state index contributed by atoms with van der Waals surface area (Å²) in [5.74, 6) is -0.944. The van der Waals surface area contributed by atoms with Gasteiger partial charge in [0, 0.05) is 42.4 Å². The Kier molecular flexibility index (Phi) is 5.52. The predicted octanol–water partition coefficient (Wildman–Crippen LogP) is 3.82. The van der Waals surface area contributed by atoms with Crippen LogP contribution in [0.5, 0.6) is 0 Å². The van der Waals surface area contributed by atoms with Gasteiger partial charge in [0.2, 0.25) is 5.91 Å². The Balaban J connectivity index is 1.44. The van der Waals surface area contributed by atoms with Crippen molar-refractivity contribution in [3.8, 4) is 0 Å². The van der Waals surface area contributed by atoms with Crippen LogP contribution in [0.2, 0.25) is 0 Å². The molecule has 164 valence electrons. The molecule has 1 saturated heterocycles. The van der Waals surface area contributed by atoms with Crippen LogP contribution in [0.15, 0.2) is 54.7 Å². The zero-order valence-corrected chi connectivity index (χ0v) is 18.1. The summed E-state index contributed by atoms with van der Waals surface area (Å²) in [6.45, 7) is 2.08. The molecule has 0 N–H and O–H groups in total. The number of carbonyl (C=O) groups excluding carboxylic acids is 3. The predicted molar refractivity (Wildman–Crippen MR) is 124 cm³/mol. The summed E-state index contributed by atoms with van der Waals surface area (Å²) in [6, 6.07) is 15.5. The number of amides is 2. The van der Waals surface area contributed by atoms with Crippen LogP contribution >= 0.6 is 0 Å². The molecule has 6 nitrogen and oxygen atoms in total. The smallest absolute Gasteiger partial charge is 0.295 e. The monoisotopic (exact) mass is 429 g/mol. The Morgan fingerprint density at radius 2 is 1.56 bits per heavy atom. The van der Waals surface area contributed by atoms with E-state index in [-0.39, 0.29) is 12.5 Å². The molecule has 0 bridgehead atoms. The zero-order chi connectivity index (χ0) is 22.1. The van der Waals surface area contributed by atoms with Crippen LogP contribution < -0.4 is 4.90 Å². The molecule has 6 heteroatoms. The first-order valence-corrected chi connectivity index (χ1v) is 11.4. The van der Waals surface area contributed by atoms with E-state index in [4.69, 9.17) is 0 Å². The van der Waals surface area contributed by atoms with Gasteiger partial charge in [-0.05, 0) is 49.8 Å². The Labute approximate surface area is 187 Å². The van der Waals surface area contributed by atoms with E-state index in [0.29, 0.717) is 25.2 Å². The van der Waals surface area contributed by atoms with Crippen LogP contribution in [0.25, 0.3) is 10.9 Å². The van der Waals surface area contributed by atoms with Crippen LogP contribution in [-0.4, -0.2) is 46.7 Å². The number of hydrogen-bond donors (Lipinski definition) is 0. The quantitative estimate of drug-likeness (QED) is 0.468. The lowest BCUT2D eigenvalue weighted by Gasteiger charge is -2.29. The maximum atomic E-state index is 13.3. The van der Waals surface area contributed by atoms with Crippen molar-refractivity contribution in [2.24, 2.45) is 0 Å². The standard InChI is InChI=1S/C26H27N3O3/c30-24(29-16-8-10-19-9-2-4-12-22(19)29)18-28-17-21(20-11-3-5-13-23(20)28)25(31)26(32)27-14-6-1-7-15-27/h2-5,9,11-13,17H,1,6-8,10,14-16,18H2. The zero-order valence-electron chi connectivity index (χ0n) is 18.1. The maximum Gasteiger partial charge on any atom is 0.295 e. The molecule has 0 spiro atoms. The van der Waals surface area contributed by atoms with E-state index in [1.807, 2.05) is 51.9 Å². The lowest BCUT2D eigenvalue weighted by atomic mass is 10.0. The molecule has 2 aromatic carbocycles. The number of aromatic nitrogens is 1. The number of carbonyl (C=O) groups is 3.